The summed E-state index contributed by atoms with van der Waals surface area (Å²) in [5.41, 5.74) is 9.30. The van der Waals surface area contributed by atoms with Crippen molar-refractivity contribution in [3.8, 4) is 11.5 Å². The molecule has 0 spiro atoms. The Morgan fingerprint density at radius 1 is 0.496 bits per heavy atom. The number of hydrogen-bond acceptors (Lipinski definition) is 21. The largest absolute Gasteiger partial charge is 0.508 e. The fourth-order valence-electron chi connectivity index (χ4n) is 16.4. The minimum atomic E-state index is -1.72. The number of aromatic nitrogens is 1. The number of thioether (sulfide) groups is 2. The molecule has 3 aliphatic heterocycles. The number of nitrogens with zero attached hydrogens (tertiary/aromatic N) is 5. The first kappa shape index (κ1) is 102. The number of fused-ring (bicyclic) bond motifs is 3. The molecule has 0 radical (unpaired) electrons. The normalized spacial score (nSPS) is 23.5. The van der Waals surface area contributed by atoms with Crippen molar-refractivity contribution in [2.45, 2.75) is 190 Å². The van der Waals surface area contributed by atoms with E-state index in [4.69, 9.17) is 10.5 Å². The number of carbonyl (C=O) groups is 16. The van der Waals surface area contributed by atoms with E-state index >= 15 is 47.9 Å². The van der Waals surface area contributed by atoms with E-state index in [2.05, 4.69) is 52.8 Å². The first-order valence-corrected chi connectivity index (χ1v) is 46.8. The molecule has 3 saturated heterocycles. The Morgan fingerprint density at radius 3 is 1.58 bits per heavy atom. The molecule has 133 heavy (non-hydrogen) atoms. The number of rotatable bonds is 24. The quantitative estimate of drug-likeness (QED) is 0.0387. The molecule has 13 atom stereocenters. The number of phenolic OH excluding ortho intramolecular Hbond substituents is 2. The van der Waals surface area contributed by atoms with Gasteiger partial charge in [-0.05, 0) is 101 Å². The summed E-state index contributed by atoms with van der Waals surface area (Å²) in [5, 5.41) is 46.3. The predicted molar refractivity (Wildman–Crippen MR) is 499 cm³/mol. The average Bonchev–Trinajstić information content (AvgIpc) is 1.77. The van der Waals surface area contributed by atoms with Crippen molar-refractivity contribution in [1.82, 2.24) is 77.3 Å². The third-order valence-electron chi connectivity index (χ3n) is 23.8. The molecule has 10 rings (SSSR count). The highest BCUT2D eigenvalue weighted by atomic mass is 32.2. The summed E-state index contributed by atoms with van der Waals surface area (Å²) in [6.07, 6.45) is 1.77. The predicted octanol–water partition coefficient (Wildman–Crippen LogP) is 3.00. The van der Waals surface area contributed by atoms with Gasteiger partial charge in [0.25, 0.3) is 6.47 Å². The average molecular weight is 1870 g/mol. The Balaban J connectivity index is 1.05. The molecule has 0 unspecified atom stereocenters. The molecule has 710 valence electrons. The van der Waals surface area contributed by atoms with Crippen molar-refractivity contribution >= 4 is 130 Å². The first-order valence-electron chi connectivity index (χ1n) is 44.5. The summed E-state index contributed by atoms with van der Waals surface area (Å²) in [4.78, 5) is 248. The van der Waals surface area contributed by atoms with Gasteiger partial charge < -0.3 is 98.0 Å². The van der Waals surface area contributed by atoms with Crippen LogP contribution in [0.4, 0.5) is 0 Å². The second kappa shape index (κ2) is 49.2. The number of aromatic amines is 1. The lowest BCUT2D eigenvalue weighted by Gasteiger charge is -2.38. The number of phenols is 2. The number of carbonyl (C=O) groups excluding carboxylic acids is 16. The van der Waals surface area contributed by atoms with E-state index in [1.54, 1.807) is 149 Å². The van der Waals surface area contributed by atoms with Crippen LogP contribution < -0.4 is 53.6 Å². The van der Waals surface area contributed by atoms with Crippen molar-refractivity contribution in [2.75, 3.05) is 64.0 Å². The van der Waals surface area contributed by atoms with Gasteiger partial charge in [-0.1, -0.05) is 181 Å². The molecular formula is C96H120N16O19S2. The molecule has 0 aliphatic carbocycles. The van der Waals surface area contributed by atoms with E-state index < -0.39 is 192 Å². The molecule has 3 aliphatic rings. The van der Waals surface area contributed by atoms with E-state index in [-0.39, 0.29) is 112 Å². The van der Waals surface area contributed by atoms with Crippen LogP contribution in [0.1, 0.15) is 107 Å². The zero-order valence-electron chi connectivity index (χ0n) is 75.8. The second-order valence-corrected chi connectivity index (χ2v) is 36.4. The first-order chi connectivity index (χ1) is 63.7. The number of benzene rings is 6. The lowest BCUT2D eigenvalue weighted by atomic mass is 9.98. The van der Waals surface area contributed by atoms with Crippen molar-refractivity contribution in [2.24, 2.45) is 17.6 Å². The number of para-hydroxylation sites is 1. The van der Waals surface area contributed by atoms with Crippen LogP contribution in [0.25, 0.3) is 10.9 Å². The van der Waals surface area contributed by atoms with Gasteiger partial charge >= 0.3 is 0 Å². The monoisotopic (exact) mass is 1860 g/mol. The molecule has 35 nitrogen and oxygen atoms in total. The van der Waals surface area contributed by atoms with Gasteiger partial charge in [-0.3, -0.25) is 76.7 Å². The summed E-state index contributed by atoms with van der Waals surface area (Å²) < 4.78 is 5.15. The maximum atomic E-state index is 15.8. The Hall–Kier alpha value is -13.3. The topological polar surface area (TPSA) is 489 Å². The summed E-state index contributed by atoms with van der Waals surface area (Å²) in [6.45, 7) is 7.26. The van der Waals surface area contributed by atoms with Gasteiger partial charge in [-0.25, -0.2) is 0 Å². The third-order valence-corrected chi connectivity index (χ3v) is 25.8. The molecule has 4 heterocycles. The van der Waals surface area contributed by atoms with Crippen molar-refractivity contribution in [3.63, 3.8) is 0 Å². The van der Waals surface area contributed by atoms with Gasteiger partial charge in [0.1, 0.15) is 96.6 Å². The molecule has 7 aromatic rings. The van der Waals surface area contributed by atoms with E-state index in [0.717, 1.165) is 16.7 Å². The number of likely N-dealkylation sites (N-methyl/N-ethyl adjacent to an activating group) is 3. The van der Waals surface area contributed by atoms with Crippen LogP contribution in [-0.4, -0.2) is 277 Å². The lowest BCUT2D eigenvalue weighted by Crippen LogP contribution is -2.62. The minimum Gasteiger partial charge on any atom is -0.508 e. The van der Waals surface area contributed by atoms with Crippen LogP contribution in [0.3, 0.4) is 0 Å². The van der Waals surface area contributed by atoms with E-state index in [1.807, 2.05) is 6.92 Å². The summed E-state index contributed by atoms with van der Waals surface area (Å²) >= 11 is 2.03. The van der Waals surface area contributed by atoms with Gasteiger partial charge in [-0.15, -0.1) is 23.5 Å². The van der Waals surface area contributed by atoms with Crippen LogP contribution in [0.2, 0.25) is 0 Å². The van der Waals surface area contributed by atoms with Gasteiger partial charge in [0.2, 0.25) is 88.6 Å². The molecule has 37 heteroatoms. The number of nitrogens with one attached hydrogen (secondary N) is 10. The molecule has 0 bridgehead atoms. The second-order valence-electron chi connectivity index (χ2n) is 34.4. The fraction of sp³-hybridized carbons (Fsp3) is 0.438. The molecule has 15 amide bonds. The number of nitrogens with two attached hydrogens (primary N) is 1. The van der Waals surface area contributed by atoms with Crippen molar-refractivity contribution < 1.29 is 91.7 Å². The maximum absolute atomic E-state index is 15.8. The van der Waals surface area contributed by atoms with Gasteiger partial charge in [0.05, 0.1) is 18.2 Å². The van der Waals surface area contributed by atoms with E-state index in [1.165, 1.54) is 101 Å². The third kappa shape index (κ3) is 28.6. The molecular weight excluding hydrogens is 1750 g/mol. The van der Waals surface area contributed by atoms with Crippen LogP contribution in [0, 0.1) is 11.8 Å². The standard InChI is InChI=1S/C96H120N16O19S2/c1-9-10-31-77-95(129)111-41-22-32-76(111)89(123)105-74(51-131-56-113)88(122)107-83(58(4)5)96(130)109(7)78(46-60-25-16-12-17-26-60)90(124)104-73(45-63-35-39-66(115)40-36-63)93(127)112-55-133-53-80(112)91(125)103-71(48-64-49-98-68-30-21-20-29-67(64)68)87(121)102-70(43-62-33-37-65(114)38-34-62)86(120)101-69(42-57(2)3)85(119)106-75(84(118)99-50-81(97)116)52-132-54-82(117)100-72(44-59-23-14-11-15-24-59)92(126)110(8)79(94(128)108(77)6)47-61-27-18-13-19-28-61/h11-21,23-30,33-40,49,56-58,69-80,83,98,114-115H,9-10,22,31-32,41-48,50-55H2,1-8H3,(H2,97,116)(H,99,118)(H,100,117)(H,101,120)(H,102,121)(H,103,125)(H,104,124)(H,105,123)(H,106,119)(H,107,122)/t69-,70-,71-,72-,73-,74-,75-,76+,77-,78-,79-,80+,83-/m0/s1. The zero-order chi connectivity index (χ0) is 96.1. The molecule has 6 aromatic carbocycles. The van der Waals surface area contributed by atoms with Gasteiger partial charge in [-0.2, -0.15) is 0 Å². The highest BCUT2D eigenvalue weighted by molar-refractivity contribution is 8.00. The van der Waals surface area contributed by atoms with E-state index in [0.29, 0.717) is 57.1 Å². The number of ether oxygens (including phenoxy) is 1. The number of hydrogen-bond donors (Lipinski definition) is 13. The molecule has 1 aromatic heterocycles. The highest BCUT2D eigenvalue weighted by Crippen LogP contribution is 2.29. The maximum Gasteiger partial charge on any atom is 0.293 e. The number of unbranched alkanes of at least 4 members (excludes halogenated alkanes) is 1. The number of primary amides is 1. The molecule has 3 fully saturated rings. The van der Waals surface area contributed by atoms with Crippen molar-refractivity contribution in [3.05, 3.63) is 203 Å². The minimum absolute atomic E-state index is 0.0133. The summed E-state index contributed by atoms with van der Waals surface area (Å²) in [6, 6.07) is 25.7. The molecule has 14 N–H and O–H groups in total. The zero-order valence-corrected chi connectivity index (χ0v) is 77.4. The van der Waals surface area contributed by atoms with Crippen LogP contribution >= 0.6 is 23.5 Å². The molecule has 0 saturated carbocycles. The SMILES string of the molecule is CCCC[C@H]1C(=O)N2CCC[C@@H]2C(=O)N[C@@H](COC=O)C(=O)N[C@@H](C(C)C)C(=O)N(C)[C@@H](Cc2ccccc2)C(=O)N[C@@H](Cc2ccc(O)cc2)C(=O)N2CSC[C@@H]2C(=O)N[C@@H](Cc2c[nH]c3ccccc23)C(=O)N[C@@H](Cc2ccc(O)cc2)C(=O)N[C@@H](CC(C)C)C(=O)N[C@H](C(=O)NCC(N)=O)CSCC(=O)N[C@@H](Cc2ccccc2)C(=O)N(C)[C@@H](Cc2ccccc2)C(=O)N1C. The van der Waals surface area contributed by atoms with Crippen LogP contribution in [0.5, 0.6) is 11.5 Å². The van der Waals surface area contributed by atoms with Crippen molar-refractivity contribution in [1.29, 1.82) is 0 Å². The fourth-order valence-corrected chi connectivity index (χ4v) is 18.4. The Kier molecular flexibility index (Phi) is 37.7. The summed E-state index contributed by atoms with van der Waals surface area (Å²) in [5.74, 6) is -15.0. The number of amides is 15. The smallest absolute Gasteiger partial charge is 0.293 e. The Labute approximate surface area is 780 Å². The lowest BCUT2D eigenvalue weighted by molar-refractivity contribution is -0.152. The highest BCUT2D eigenvalue weighted by Gasteiger charge is 2.46. The van der Waals surface area contributed by atoms with E-state index in [9.17, 15) is 39.0 Å². The van der Waals surface area contributed by atoms with Crippen LogP contribution in [0.15, 0.2) is 170 Å². The Bertz CT molecular complexity index is 5230. The van der Waals surface area contributed by atoms with Gasteiger partial charge in [0.15, 0.2) is 0 Å². The summed E-state index contributed by atoms with van der Waals surface area (Å²) in [7, 11) is 4.16. The van der Waals surface area contributed by atoms with Crippen LogP contribution in [-0.2, 0) is 120 Å². The Morgan fingerprint density at radius 2 is 0.992 bits per heavy atom. The van der Waals surface area contributed by atoms with Gasteiger partial charge in [0, 0.05) is 94.8 Å². The number of aromatic hydroxyl groups is 2. The number of H-pyrrole nitrogens is 1.